The first-order valence-corrected chi connectivity index (χ1v) is 12.6. The van der Waals surface area contributed by atoms with E-state index in [2.05, 4.69) is 31.9 Å². The summed E-state index contributed by atoms with van der Waals surface area (Å²) < 4.78 is 25.8. The molecule has 0 aromatic carbocycles. The summed E-state index contributed by atoms with van der Waals surface area (Å²) in [5, 5.41) is 1.97. The van der Waals surface area contributed by atoms with Crippen molar-refractivity contribution in [1.29, 1.82) is 0 Å². The molecule has 0 bridgehead atoms. The topological polar surface area (TPSA) is 96.1 Å². The van der Waals surface area contributed by atoms with Crippen LogP contribution in [0.5, 0.6) is 0 Å². The Balaban J connectivity index is 1.16. The molecule has 1 aromatic rings. The lowest BCUT2D eigenvalue weighted by Gasteiger charge is -2.37. The maximum atomic E-state index is 12.1. The fourth-order valence-corrected chi connectivity index (χ4v) is 6.25. The number of fused-ring (bicyclic) bond motifs is 3. The molecule has 9 nitrogen and oxygen atoms in total. The second kappa shape index (κ2) is 7.99. The van der Waals surface area contributed by atoms with E-state index in [4.69, 9.17) is 0 Å². The van der Waals surface area contributed by atoms with Gasteiger partial charge in [0, 0.05) is 50.4 Å². The molecular formula is C20H31N7O2S. The standard InChI is InChI=1S/C20H31N7O2S/c1-2-30(28,29)26-11-9-25(10-12-26)13-15-3-5-16(6-4-15)18-19-17-7-8-21-20(17)22-14-27(19)24-23-18/h7-8,14-16,21,23-24H,2-6,9-13H2,1H3. The van der Waals surface area contributed by atoms with Gasteiger partial charge in [0.15, 0.2) is 0 Å². The van der Waals surface area contributed by atoms with Crippen LogP contribution < -0.4 is 11.0 Å². The monoisotopic (exact) mass is 433 g/mol. The molecule has 0 unspecified atom stereocenters. The number of H-pyrrole nitrogens is 1. The van der Waals surface area contributed by atoms with E-state index in [1.165, 1.54) is 37.1 Å². The SMILES string of the molecule is CCS(=O)(=O)N1CCN(CC2CCC(C3=C4c5cc[nH]c5N=CN4NN3)CC2)CC1. The lowest BCUT2D eigenvalue weighted by Crippen LogP contribution is -2.50. The zero-order chi connectivity index (χ0) is 20.7. The number of piperazine rings is 1. The molecule has 2 fully saturated rings. The number of aromatic amines is 1. The molecule has 1 aromatic heterocycles. The summed E-state index contributed by atoms with van der Waals surface area (Å²) in [5.41, 5.74) is 10.2. The van der Waals surface area contributed by atoms with Gasteiger partial charge >= 0.3 is 0 Å². The van der Waals surface area contributed by atoms with E-state index in [9.17, 15) is 8.42 Å². The quantitative estimate of drug-likeness (QED) is 0.651. The molecule has 1 saturated carbocycles. The molecule has 4 heterocycles. The predicted molar refractivity (Wildman–Crippen MR) is 117 cm³/mol. The van der Waals surface area contributed by atoms with Gasteiger partial charge in [-0.2, -0.15) is 4.31 Å². The molecule has 5 rings (SSSR count). The highest BCUT2D eigenvalue weighted by Gasteiger charge is 2.35. The molecule has 3 N–H and O–H groups in total. The predicted octanol–water partition coefficient (Wildman–Crippen LogP) is 1.46. The van der Waals surface area contributed by atoms with Gasteiger partial charge in [-0.3, -0.25) is 0 Å². The van der Waals surface area contributed by atoms with E-state index in [0.717, 1.165) is 31.0 Å². The summed E-state index contributed by atoms with van der Waals surface area (Å²) in [5.74, 6) is 2.34. The van der Waals surface area contributed by atoms with Crippen LogP contribution >= 0.6 is 0 Å². The number of aromatic nitrogens is 1. The maximum absolute atomic E-state index is 12.1. The van der Waals surface area contributed by atoms with Crippen molar-refractivity contribution in [2.45, 2.75) is 32.6 Å². The lowest BCUT2D eigenvalue weighted by molar-refractivity contribution is 0.143. The number of sulfonamides is 1. The number of hydrogen-bond donors (Lipinski definition) is 3. The minimum atomic E-state index is -3.05. The van der Waals surface area contributed by atoms with Gasteiger partial charge in [-0.25, -0.2) is 18.4 Å². The van der Waals surface area contributed by atoms with E-state index in [1.807, 2.05) is 17.5 Å². The van der Waals surface area contributed by atoms with Crippen LogP contribution in [0.15, 0.2) is 23.0 Å². The Bertz CT molecular complexity index is 938. The third-order valence-corrected chi connectivity index (χ3v) is 8.83. The Morgan fingerprint density at radius 3 is 2.63 bits per heavy atom. The fourth-order valence-electron chi connectivity index (χ4n) is 5.17. The highest BCUT2D eigenvalue weighted by Crippen LogP contribution is 2.40. The van der Waals surface area contributed by atoms with Crippen molar-refractivity contribution < 1.29 is 8.42 Å². The molecule has 1 saturated heterocycles. The first kappa shape index (κ1) is 20.0. The molecule has 0 atom stereocenters. The van der Waals surface area contributed by atoms with Crippen LogP contribution in [0.3, 0.4) is 0 Å². The zero-order valence-corrected chi connectivity index (χ0v) is 18.3. The Hall–Kier alpha value is -1.88. The first-order valence-electron chi connectivity index (χ1n) is 11.0. The molecule has 164 valence electrons. The normalized spacial score (nSPS) is 27.8. The van der Waals surface area contributed by atoms with Crippen molar-refractivity contribution in [1.82, 2.24) is 30.2 Å². The number of allylic oxidation sites excluding steroid dienone is 1. The van der Waals surface area contributed by atoms with Crippen molar-refractivity contribution in [3.05, 3.63) is 23.5 Å². The van der Waals surface area contributed by atoms with E-state index >= 15 is 0 Å². The second-order valence-corrected chi connectivity index (χ2v) is 10.9. The van der Waals surface area contributed by atoms with E-state index in [-0.39, 0.29) is 5.75 Å². The summed E-state index contributed by atoms with van der Waals surface area (Å²) in [6.07, 6.45) is 8.53. The average Bonchev–Trinajstić information content (AvgIpc) is 3.41. The number of aliphatic imine (C=N–C) groups is 1. The summed E-state index contributed by atoms with van der Waals surface area (Å²) in [6.45, 7) is 5.78. The smallest absolute Gasteiger partial charge is 0.213 e. The van der Waals surface area contributed by atoms with Crippen LogP contribution in [0.25, 0.3) is 5.70 Å². The number of nitrogens with zero attached hydrogens (tertiary/aromatic N) is 4. The van der Waals surface area contributed by atoms with E-state index in [0.29, 0.717) is 24.9 Å². The second-order valence-electron chi connectivity index (χ2n) is 8.67. The van der Waals surface area contributed by atoms with Crippen molar-refractivity contribution in [2.24, 2.45) is 16.8 Å². The zero-order valence-electron chi connectivity index (χ0n) is 17.5. The number of hydrogen-bond acceptors (Lipinski definition) is 7. The van der Waals surface area contributed by atoms with Crippen LogP contribution in [-0.2, 0) is 10.0 Å². The van der Waals surface area contributed by atoms with Crippen LogP contribution in [0.1, 0.15) is 38.2 Å². The van der Waals surface area contributed by atoms with Gasteiger partial charge in [0.05, 0.1) is 17.1 Å². The molecule has 0 spiro atoms. The summed E-state index contributed by atoms with van der Waals surface area (Å²) in [6, 6.07) is 2.09. The van der Waals surface area contributed by atoms with E-state index in [1.54, 1.807) is 11.2 Å². The minimum absolute atomic E-state index is 0.200. The van der Waals surface area contributed by atoms with Gasteiger partial charge in [0.1, 0.15) is 12.2 Å². The number of hydrazine groups is 2. The summed E-state index contributed by atoms with van der Waals surface area (Å²) in [4.78, 5) is 10.1. The van der Waals surface area contributed by atoms with Crippen LogP contribution in [0, 0.1) is 11.8 Å². The van der Waals surface area contributed by atoms with Gasteiger partial charge in [0.2, 0.25) is 10.0 Å². The van der Waals surface area contributed by atoms with Gasteiger partial charge in [0.25, 0.3) is 0 Å². The van der Waals surface area contributed by atoms with Gasteiger partial charge in [-0.05, 0) is 44.6 Å². The maximum Gasteiger partial charge on any atom is 0.213 e. The Labute approximate surface area is 178 Å². The Morgan fingerprint density at radius 1 is 1.13 bits per heavy atom. The number of rotatable bonds is 5. The van der Waals surface area contributed by atoms with E-state index < -0.39 is 10.0 Å². The first-order chi connectivity index (χ1) is 14.5. The van der Waals surface area contributed by atoms with Gasteiger partial charge in [-0.1, -0.05) is 0 Å². The van der Waals surface area contributed by atoms with Gasteiger partial charge < -0.3 is 15.3 Å². The molecule has 10 heteroatoms. The van der Waals surface area contributed by atoms with Crippen molar-refractivity contribution in [2.75, 3.05) is 38.5 Å². The van der Waals surface area contributed by atoms with Crippen LogP contribution in [0.4, 0.5) is 5.82 Å². The third-order valence-electron chi connectivity index (χ3n) is 6.95. The number of nitrogens with one attached hydrogen (secondary N) is 3. The molecule has 1 aliphatic carbocycles. The average molecular weight is 434 g/mol. The molecule has 0 radical (unpaired) electrons. The van der Waals surface area contributed by atoms with Crippen molar-refractivity contribution >= 4 is 27.9 Å². The molecule has 0 amide bonds. The van der Waals surface area contributed by atoms with Gasteiger partial charge in [-0.15, -0.1) is 5.53 Å². The molecule has 30 heavy (non-hydrogen) atoms. The summed E-state index contributed by atoms with van der Waals surface area (Å²) in [7, 11) is -3.05. The molecule has 4 aliphatic rings. The Morgan fingerprint density at radius 2 is 1.90 bits per heavy atom. The minimum Gasteiger partial charge on any atom is -0.346 e. The van der Waals surface area contributed by atoms with Crippen LogP contribution in [0.2, 0.25) is 0 Å². The highest BCUT2D eigenvalue weighted by molar-refractivity contribution is 7.89. The lowest BCUT2D eigenvalue weighted by atomic mass is 9.79. The largest absolute Gasteiger partial charge is 0.346 e. The molecule has 3 aliphatic heterocycles. The fraction of sp³-hybridized carbons (Fsp3) is 0.650. The van der Waals surface area contributed by atoms with Crippen molar-refractivity contribution in [3.8, 4) is 0 Å². The Kier molecular flexibility index (Phi) is 5.34. The van der Waals surface area contributed by atoms with Crippen LogP contribution in [-0.4, -0.2) is 72.4 Å². The summed E-state index contributed by atoms with van der Waals surface area (Å²) >= 11 is 0. The van der Waals surface area contributed by atoms with Crippen molar-refractivity contribution in [3.63, 3.8) is 0 Å². The molecular weight excluding hydrogens is 402 g/mol. The third kappa shape index (κ3) is 3.66. The highest BCUT2D eigenvalue weighted by atomic mass is 32.2.